The smallest absolute Gasteiger partial charge is 0.0186 e. The minimum absolute atomic E-state index is 0.756. The maximum absolute atomic E-state index is 3.74. The molecule has 1 nitrogen and oxygen atoms in total. The highest BCUT2D eigenvalue weighted by Crippen LogP contribution is 2.33. The van der Waals surface area contributed by atoms with Gasteiger partial charge in [0.25, 0.3) is 0 Å². The normalized spacial score (nSPS) is 28.0. The second-order valence-electron chi connectivity index (χ2n) is 5.91. The molecule has 1 saturated carbocycles. The summed E-state index contributed by atoms with van der Waals surface area (Å²) < 4.78 is 0. The third-order valence-electron chi connectivity index (χ3n) is 4.64. The Bertz CT molecular complexity index is 199. The van der Waals surface area contributed by atoms with E-state index in [4.69, 9.17) is 0 Å². The van der Waals surface area contributed by atoms with Gasteiger partial charge in [0.05, 0.1) is 0 Å². The SMILES string of the molecule is CCNC(CSC(C)CC)C1CCC(CC)CC1. The average Bonchev–Trinajstić information content (AvgIpc) is 2.43. The second kappa shape index (κ2) is 9.25. The third-order valence-corrected chi connectivity index (χ3v) is 6.09. The molecular weight excluding hydrogens is 238 g/mol. The molecule has 0 spiro atoms. The highest BCUT2D eigenvalue weighted by Gasteiger charge is 2.26. The largest absolute Gasteiger partial charge is 0.313 e. The van der Waals surface area contributed by atoms with Crippen LogP contribution < -0.4 is 5.32 Å². The van der Waals surface area contributed by atoms with Crippen molar-refractivity contribution in [2.45, 2.75) is 77.5 Å². The molecule has 1 rings (SSSR count). The first-order chi connectivity index (χ1) is 8.71. The van der Waals surface area contributed by atoms with Crippen LogP contribution in [-0.4, -0.2) is 23.6 Å². The molecule has 0 heterocycles. The molecule has 0 aliphatic heterocycles. The lowest BCUT2D eigenvalue weighted by atomic mass is 9.78. The minimum atomic E-state index is 0.756. The van der Waals surface area contributed by atoms with Crippen molar-refractivity contribution in [3.63, 3.8) is 0 Å². The Hall–Kier alpha value is 0.310. The van der Waals surface area contributed by atoms with Gasteiger partial charge in [-0.05, 0) is 37.6 Å². The van der Waals surface area contributed by atoms with Crippen LogP contribution >= 0.6 is 11.8 Å². The maximum Gasteiger partial charge on any atom is 0.0186 e. The molecule has 0 saturated heterocycles. The molecule has 0 bridgehead atoms. The van der Waals surface area contributed by atoms with E-state index >= 15 is 0 Å². The standard InChI is InChI=1S/C16H33NS/c1-5-13(4)18-12-16(17-7-3)15-10-8-14(6-2)9-11-15/h13-17H,5-12H2,1-4H3. The monoisotopic (exact) mass is 271 g/mol. The van der Waals surface area contributed by atoms with Crippen LogP contribution in [0.2, 0.25) is 0 Å². The Kier molecular flexibility index (Phi) is 8.41. The highest BCUT2D eigenvalue weighted by molar-refractivity contribution is 7.99. The minimum Gasteiger partial charge on any atom is -0.313 e. The van der Waals surface area contributed by atoms with Crippen LogP contribution in [0.15, 0.2) is 0 Å². The zero-order chi connectivity index (χ0) is 13.4. The number of hydrogen-bond acceptors (Lipinski definition) is 2. The Labute approximate surface area is 119 Å². The molecule has 1 aliphatic carbocycles. The highest BCUT2D eigenvalue weighted by atomic mass is 32.2. The molecule has 0 aromatic rings. The molecule has 2 atom stereocenters. The first-order valence-corrected chi connectivity index (χ1v) is 9.11. The summed E-state index contributed by atoms with van der Waals surface area (Å²) >= 11 is 2.16. The zero-order valence-corrected chi connectivity index (χ0v) is 13.7. The summed E-state index contributed by atoms with van der Waals surface area (Å²) in [6.45, 7) is 10.4. The first kappa shape index (κ1) is 16.4. The summed E-state index contributed by atoms with van der Waals surface area (Å²) in [4.78, 5) is 0. The molecule has 108 valence electrons. The number of thioether (sulfide) groups is 1. The average molecular weight is 272 g/mol. The van der Waals surface area contributed by atoms with E-state index in [1.165, 1.54) is 44.3 Å². The molecule has 0 radical (unpaired) electrons. The van der Waals surface area contributed by atoms with Crippen LogP contribution in [0, 0.1) is 11.8 Å². The van der Waals surface area contributed by atoms with Gasteiger partial charge in [0.2, 0.25) is 0 Å². The number of rotatable bonds is 8. The fourth-order valence-electron chi connectivity index (χ4n) is 3.01. The molecule has 0 amide bonds. The van der Waals surface area contributed by atoms with Gasteiger partial charge in [-0.25, -0.2) is 0 Å². The number of nitrogens with one attached hydrogen (secondary N) is 1. The summed E-state index contributed by atoms with van der Waals surface area (Å²) in [5.41, 5.74) is 0. The van der Waals surface area contributed by atoms with Crippen LogP contribution in [0.4, 0.5) is 0 Å². The Morgan fingerprint density at radius 1 is 1.11 bits per heavy atom. The lowest BCUT2D eigenvalue weighted by Crippen LogP contribution is -2.40. The van der Waals surface area contributed by atoms with Gasteiger partial charge in [0, 0.05) is 17.0 Å². The van der Waals surface area contributed by atoms with Gasteiger partial charge < -0.3 is 5.32 Å². The molecule has 1 N–H and O–H groups in total. The van der Waals surface area contributed by atoms with E-state index in [0.717, 1.165) is 29.7 Å². The summed E-state index contributed by atoms with van der Waals surface area (Å²) in [5.74, 6) is 3.26. The van der Waals surface area contributed by atoms with Crippen LogP contribution in [0.25, 0.3) is 0 Å². The fourth-order valence-corrected chi connectivity index (χ4v) is 4.17. The van der Waals surface area contributed by atoms with Crippen molar-refractivity contribution in [2.24, 2.45) is 11.8 Å². The first-order valence-electron chi connectivity index (χ1n) is 8.06. The van der Waals surface area contributed by atoms with Crippen LogP contribution in [0.5, 0.6) is 0 Å². The number of hydrogen-bond donors (Lipinski definition) is 1. The quantitative estimate of drug-likeness (QED) is 0.686. The fraction of sp³-hybridized carbons (Fsp3) is 1.00. The van der Waals surface area contributed by atoms with Gasteiger partial charge in [-0.3, -0.25) is 0 Å². The van der Waals surface area contributed by atoms with Crippen molar-refractivity contribution < 1.29 is 0 Å². The predicted molar refractivity (Wildman–Crippen MR) is 85.4 cm³/mol. The van der Waals surface area contributed by atoms with E-state index in [2.05, 4.69) is 44.8 Å². The molecule has 2 unspecified atom stereocenters. The van der Waals surface area contributed by atoms with Crippen LogP contribution in [-0.2, 0) is 0 Å². The van der Waals surface area contributed by atoms with E-state index in [9.17, 15) is 0 Å². The van der Waals surface area contributed by atoms with Gasteiger partial charge in [-0.2, -0.15) is 11.8 Å². The molecule has 18 heavy (non-hydrogen) atoms. The summed E-state index contributed by atoms with van der Waals surface area (Å²) in [7, 11) is 0. The van der Waals surface area contributed by atoms with Crippen molar-refractivity contribution >= 4 is 11.8 Å². The second-order valence-corrected chi connectivity index (χ2v) is 7.38. The Morgan fingerprint density at radius 3 is 2.28 bits per heavy atom. The van der Waals surface area contributed by atoms with Gasteiger partial charge >= 0.3 is 0 Å². The van der Waals surface area contributed by atoms with Crippen molar-refractivity contribution in [1.82, 2.24) is 5.32 Å². The van der Waals surface area contributed by atoms with Crippen LogP contribution in [0.1, 0.15) is 66.2 Å². The van der Waals surface area contributed by atoms with E-state index < -0.39 is 0 Å². The maximum atomic E-state index is 3.74. The molecule has 0 aromatic carbocycles. The predicted octanol–water partition coefficient (Wildman–Crippen LogP) is 4.71. The van der Waals surface area contributed by atoms with E-state index in [1.54, 1.807) is 0 Å². The summed E-state index contributed by atoms with van der Waals surface area (Å²) in [6, 6.07) is 0.756. The topological polar surface area (TPSA) is 12.0 Å². The van der Waals surface area contributed by atoms with Crippen molar-refractivity contribution in [1.29, 1.82) is 0 Å². The molecule has 0 aromatic heterocycles. The molecule has 2 heteroatoms. The van der Waals surface area contributed by atoms with Gasteiger partial charge in [0.1, 0.15) is 0 Å². The third kappa shape index (κ3) is 5.52. The lowest BCUT2D eigenvalue weighted by molar-refractivity contribution is 0.229. The lowest BCUT2D eigenvalue weighted by Gasteiger charge is -2.34. The van der Waals surface area contributed by atoms with E-state index in [-0.39, 0.29) is 0 Å². The molecule has 1 aliphatic rings. The summed E-state index contributed by atoms with van der Waals surface area (Å²) in [5, 5.41) is 4.56. The van der Waals surface area contributed by atoms with Gasteiger partial charge in [0.15, 0.2) is 0 Å². The van der Waals surface area contributed by atoms with Gasteiger partial charge in [-0.1, -0.05) is 47.0 Å². The van der Waals surface area contributed by atoms with E-state index in [1.807, 2.05) is 0 Å². The molecule has 1 fully saturated rings. The molecular formula is C16H33NS. The van der Waals surface area contributed by atoms with E-state index in [0.29, 0.717) is 0 Å². The van der Waals surface area contributed by atoms with Crippen molar-refractivity contribution in [3.05, 3.63) is 0 Å². The van der Waals surface area contributed by atoms with Crippen molar-refractivity contribution in [3.8, 4) is 0 Å². The van der Waals surface area contributed by atoms with Crippen molar-refractivity contribution in [2.75, 3.05) is 12.3 Å². The Morgan fingerprint density at radius 2 is 1.78 bits per heavy atom. The van der Waals surface area contributed by atoms with Crippen LogP contribution in [0.3, 0.4) is 0 Å². The van der Waals surface area contributed by atoms with Gasteiger partial charge in [-0.15, -0.1) is 0 Å². The zero-order valence-electron chi connectivity index (χ0n) is 12.9. The summed E-state index contributed by atoms with van der Waals surface area (Å²) in [6.07, 6.45) is 8.54. The Balaban J connectivity index is 2.36.